The summed E-state index contributed by atoms with van der Waals surface area (Å²) in [6, 6.07) is 20.9. The summed E-state index contributed by atoms with van der Waals surface area (Å²) in [6.07, 6.45) is 3.37. The van der Waals surface area contributed by atoms with Crippen molar-refractivity contribution in [3.05, 3.63) is 84.7 Å². The number of aromatic nitrogens is 1. The number of anilines is 1. The Morgan fingerprint density at radius 1 is 1.03 bits per heavy atom. The molecule has 0 saturated carbocycles. The standard InChI is InChI=1S/C24H26N4O3/c29-24(28-14-13-26-15-21(28)18-31-23-7-4-12-25-16-23)27-20-8-10-22(11-9-20)30-17-19-5-2-1-3-6-19/h1-12,16,21,26H,13-15,17-18H2,(H,27,29)/t21-/m1/s1. The maximum atomic E-state index is 12.9. The number of nitrogens with zero attached hydrogens (tertiary/aromatic N) is 2. The number of rotatable bonds is 7. The Kier molecular flexibility index (Phi) is 6.97. The first-order valence-electron chi connectivity index (χ1n) is 10.4. The molecule has 0 aliphatic carbocycles. The summed E-state index contributed by atoms with van der Waals surface area (Å²) in [7, 11) is 0. The maximum Gasteiger partial charge on any atom is 0.322 e. The van der Waals surface area contributed by atoms with Crippen LogP contribution in [0.3, 0.4) is 0 Å². The van der Waals surface area contributed by atoms with Crippen LogP contribution in [0, 0.1) is 0 Å². The van der Waals surface area contributed by atoms with Gasteiger partial charge in [0.05, 0.1) is 12.2 Å². The Hall–Kier alpha value is -3.58. The molecule has 1 aromatic heterocycles. The SMILES string of the molecule is O=C(Nc1ccc(OCc2ccccc2)cc1)N1CCNC[C@@H]1COc1cccnc1. The highest BCUT2D eigenvalue weighted by Gasteiger charge is 2.27. The second-order valence-electron chi connectivity index (χ2n) is 7.28. The molecule has 0 radical (unpaired) electrons. The Labute approximate surface area is 182 Å². The van der Waals surface area contributed by atoms with Crippen molar-refractivity contribution in [2.45, 2.75) is 12.6 Å². The molecule has 0 unspecified atom stereocenters. The Morgan fingerprint density at radius 3 is 2.65 bits per heavy atom. The summed E-state index contributed by atoms with van der Waals surface area (Å²) in [6.45, 7) is 2.96. The number of hydrogen-bond acceptors (Lipinski definition) is 5. The van der Waals surface area contributed by atoms with Crippen LogP contribution in [0.2, 0.25) is 0 Å². The number of benzene rings is 2. The monoisotopic (exact) mass is 418 g/mol. The second kappa shape index (κ2) is 10.4. The zero-order valence-electron chi connectivity index (χ0n) is 17.2. The largest absolute Gasteiger partial charge is 0.490 e. The Balaban J connectivity index is 1.30. The zero-order valence-corrected chi connectivity index (χ0v) is 17.2. The number of pyridine rings is 1. The maximum absolute atomic E-state index is 12.9. The van der Waals surface area contributed by atoms with E-state index in [4.69, 9.17) is 9.47 Å². The third-order valence-electron chi connectivity index (χ3n) is 5.04. The summed E-state index contributed by atoms with van der Waals surface area (Å²) in [4.78, 5) is 18.7. The van der Waals surface area contributed by atoms with E-state index in [1.165, 1.54) is 0 Å². The number of carbonyl (C=O) groups excluding carboxylic acids is 1. The van der Waals surface area contributed by atoms with Crippen LogP contribution < -0.4 is 20.1 Å². The van der Waals surface area contributed by atoms with Crippen LogP contribution in [0.15, 0.2) is 79.1 Å². The molecule has 1 aliphatic rings. The van der Waals surface area contributed by atoms with Gasteiger partial charge in [0, 0.05) is 31.5 Å². The molecule has 2 heterocycles. The van der Waals surface area contributed by atoms with Gasteiger partial charge in [0.1, 0.15) is 24.7 Å². The van der Waals surface area contributed by atoms with Gasteiger partial charge in [-0.3, -0.25) is 4.98 Å². The van der Waals surface area contributed by atoms with E-state index >= 15 is 0 Å². The fourth-order valence-electron chi connectivity index (χ4n) is 3.37. The molecule has 2 aromatic carbocycles. The third-order valence-corrected chi connectivity index (χ3v) is 5.04. The lowest BCUT2D eigenvalue weighted by Gasteiger charge is -2.35. The molecule has 2 N–H and O–H groups in total. The summed E-state index contributed by atoms with van der Waals surface area (Å²) in [5.74, 6) is 1.45. The van der Waals surface area contributed by atoms with Crippen molar-refractivity contribution in [2.24, 2.45) is 0 Å². The predicted octanol–water partition coefficient (Wildman–Crippen LogP) is 3.55. The van der Waals surface area contributed by atoms with Crippen LogP contribution in [0.25, 0.3) is 0 Å². The van der Waals surface area contributed by atoms with E-state index in [9.17, 15) is 4.79 Å². The normalized spacial score (nSPS) is 15.9. The van der Waals surface area contributed by atoms with Crippen molar-refractivity contribution < 1.29 is 14.3 Å². The number of nitrogens with one attached hydrogen (secondary N) is 2. The molecule has 7 heteroatoms. The van der Waals surface area contributed by atoms with Gasteiger partial charge in [0.15, 0.2) is 0 Å². The van der Waals surface area contributed by atoms with Crippen LogP contribution in [0.5, 0.6) is 11.5 Å². The van der Waals surface area contributed by atoms with Crippen molar-refractivity contribution in [3.8, 4) is 11.5 Å². The van der Waals surface area contributed by atoms with Crippen molar-refractivity contribution in [2.75, 3.05) is 31.6 Å². The Bertz CT molecular complexity index is 952. The number of piperazine rings is 1. The van der Waals surface area contributed by atoms with Crippen LogP contribution in [-0.4, -0.2) is 48.2 Å². The first-order chi connectivity index (χ1) is 15.3. The molecule has 160 valence electrons. The molecular weight excluding hydrogens is 392 g/mol. The summed E-state index contributed by atoms with van der Waals surface area (Å²) in [5.41, 5.74) is 1.83. The van der Waals surface area contributed by atoms with Gasteiger partial charge in [0.2, 0.25) is 0 Å². The molecule has 3 aromatic rings. The van der Waals surface area contributed by atoms with Crippen molar-refractivity contribution in [1.82, 2.24) is 15.2 Å². The molecule has 1 atom stereocenters. The highest BCUT2D eigenvalue weighted by Crippen LogP contribution is 2.18. The predicted molar refractivity (Wildman–Crippen MR) is 119 cm³/mol. The first kappa shape index (κ1) is 20.7. The minimum Gasteiger partial charge on any atom is -0.490 e. The number of urea groups is 1. The topological polar surface area (TPSA) is 75.7 Å². The van der Waals surface area contributed by atoms with Gasteiger partial charge in [-0.1, -0.05) is 30.3 Å². The molecule has 0 spiro atoms. The van der Waals surface area contributed by atoms with Gasteiger partial charge >= 0.3 is 6.03 Å². The van der Waals surface area contributed by atoms with Gasteiger partial charge in [-0.2, -0.15) is 0 Å². The van der Waals surface area contributed by atoms with Gasteiger partial charge in [0.25, 0.3) is 0 Å². The van der Waals surface area contributed by atoms with Gasteiger partial charge in [-0.15, -0.1) is 0 Å². The van der Waals surface area contributed by atoms with E-state index < -0.39 is 0 Å². The van der Waals surface area contributed by atoms with E-state index in [2.05, 4.69) is 15.6 Å². The highest BCUT2D eigenvalue weighted by atomic mass is 16.5. The van der Waals surface area contributed by atoms with Crippen LogP contribution in [-0.2, 0) is 6.61 Å². The molecular formula is C24H26N4O3. The molecule has 1 aliphatic heterocycles. The molecule has 1 fully saturated rings. The van der Waals surface area contributed by atoms with E-state index in [1.807, 2.05) is 71.6 Å². The number of amides is 2. The molecule has 7 nitrogen and oxygen atoms in total. The fourth-order valence-corrected chi connectivity index (χ4v) is 3.37. The molecule has 0 bridgehead atoms. The summed E-state index contributed by atoms with van der Waals surface area (Å²) >= 11 is 0. The quantitative estimate of drug-likeness (QED) is 0.614. The van der Waals surface area contributed by atoms with Gasteiger partial charge in [-0.05, 0) is 42.0 Å². The van der Waals surface area contributed by atoms with Crippen molar-refractivity contribution >= 4 is 11.7 Å². The second-order valence-corrected chi connectivity index (χ2v) is 7.28. The number of hydrogen-bond donors (Lipinski definition) is 2. The third kappa shape index (κ3) is 5.96. The molecule has 4 rings (SSSR count). The van der Waals surface area contributed by atoms with Crippen molar-refractivity contribution in [3.63, 3.8) is 0 Å². The Morgan fingerprint density at radius 2 is 1.87 bits per heavy atom. The minimum absolute atomic E-state index is 0.0672. The smallest absolute Gasteiger partial charge is 0.322 e. The molecule has 31 heavy (non-hydrogen) atoms. The minimum atomic E-state index is -0.140. The first-order valence-corrected chi connectivity index (χ1v) is 10.4. The lowest BCUT2D eigenvalue weighted by molar-refractivity contribution is 0.133. The van der Waals surface area contributed by atoms with Crippen LogP contribution in [0.4, 0.5) is 10.5 Å². The summed E-state index contributed by atoms with van der Waals surface area (Å²) in [5, 5.41) is 6.30. The molecule has 1 saturated heterocycles. The number of ether oxygens (including phenoxy) is 2. The number of carbonyl (C=O) groups is 1. The lowest BCUT2D eigenvalue weighted by atomic mass is 10.2. The van der Waals surface area contributed by atoms with E-state index in [0.29, 0.717) is 32.1 Å². The van der Waals surface area contributed by atoms with E-state index in [1.54, 1.807) is 12.4 Å². The average Bonchev–Trinajstić information content (AvgIpc) is 2.84. The molecule has 2 amide bonds. The van der Waals surface area contributed by atoms with Crippen LogP contribution in [0.1, 0.15) is 5.56 Å². The summed E-state index contributed by atoms with van der Waals surface area (Å²) < 4.78 is 11.6. The highest BCUT2D eigenvalue weighted by molar-refractivity contribution is 5.89. The lowest BCUT2D eigenvalue weighted by Crippen LogP contribution is -2.57. The van der Waals surface area contributed by atoms with Crippen LogP contribution >= 0.6 is 0 Å². The van der Waals surface area contributed by atoms with Gasteiger partial charge < -0.3 is 25.0 Å². The zero-order chi connectivity index (χ0) is 21.3. The van der Waals surface area contributed by atoms with E-state index in [0.717, 1.165) is 23.5 Å². The van der Waals surface area contributed by atoms with Gasteiger partial charge in [-0.25, -0.2) is 4.79 Å². The average molecular weight is 418 g/mol. The van der Waals surface area contributed by atoms with Crippen molar-refractivity contribution in [1.29, 1.82) is 0 Å². The van der Waals surface area contributed by atoms with E-state index in [-0.39, 0.29) is 12.1 Å². The fraction of sp³-hybridized carbons (Fsp3) is 0.250.